The van der Waals surface area contributed by atoms with Crippen molar-refractivity contribution in [3.8, 4) is 0 Å². The van der Waals surface area contributed by atoms with Gasteiger partial charge < -0.3 is 9.88 Å². The lowest BCUT2D eigenvalue weighted by Gasteiger charge is -2.15. The molecule has 4 heteroatoms. The van der Waals surface area contributed by atoms with Crippen molar-refractivity contribution < 1.29 is 4.79 Å². The van der Waals surface area contributed by atoms with Crippen LogP contribution < -0.4 is 10.7 Å². The van der Waals surface area contributed by atoms with Gasteiger partial charge >= 0.3 is 0 Å². The topological polar surface area (TPSA) is 51.1 Å². The molecule has 0 atom stereocenters. The van der Waals surface area contributed by atoms with Gasteiger partial charge in [0.05, 0.1) is 5.52 Å². The number of benzene rings is 2. The van der Waals surface area contributed by atoms with Gasteiger partial charge in [0.15, 0.2) is 5.43 Å². The lowest BCUT2D eigenvalue weighted by Crippen LogP contribution is -2.22. The number of rotatable bonds is 3. The second-order valence-corrected chi connectivity index (χ2v) is 6.10. The van der Waals surface area contributed by atoms with Gasteiger partial charge in [-0.2, -0.15) is 0 Å². The average molecular weight is 320 g/mol. The zero-order chi connectivity index (χ0) is 17.3. The molecule has 0 aliphatic rings. The number of pyridine rings is 1. The fourth-order valence-electron chi connectivity index (χ4n) is 2.83. The number of nitrogens with one attached hydrogen (secondary N) is 1. The SMILES string of the molecule is Cc1ccc(NC(=O)Cn2c(C)cc(=O)c3ccccc32)cc1C. The number of aromatic nitrogens is 1. The first-order chi connectivity index (χ1) is 11.5. The van der Waals surface area contributed by atoms with Crippen molar-refractivity contribution in [1.82, 2.24) is 4.57 Å². The van der Waals surface area contributed by atoms with Crippen LogP contribution in [0.25, 0.3) is 10.9 Å². The minimum Gasteiger partial charge on any atom is -0.335 e. The molecule has 0 bridgehead atoms. The molecule has 24 heavy (non-hydrogen) atoms. The van der Waals surface area contributed by atoms with Gasteiger partial charge in [-0.1, -0.05) is 18.2 Å². The number of hydrogen-bond acceptors (Lipinski definition) is 2. The minimum atomic E-state index is -0.116. The minimum absolute atomic E-state index is 0.0195. The van der Waals surface area contributed by atoms with Crippen molar-refractivity contribution in [2.45, 2.75) is 27.3 Å². The third-order valence-corrected chi connectivity index (χ3v) is 4.32. The van der Waals surface area contributed by atoms with Crippen LogP contribution in [-0.4, -0.2) is 10.5 Å². The molecule has 1 amide bonds. The van der Waals surface area contributed by atoms with Gasteiger partial charge in [-0.25, -0.2) is 0 Å². The highest BCUT2D eigenvalue weighted by molar-refractivity contribution is 5.92. The summed E-state index contributed by atoms with van der Waals surface area (Å²) in [7, 11) is 0. The lowest BCUT2D eigenvalue weighted by atomic mass is 10.1. The molecule has 0 radical (unpaired) electrons. The first-order valence-electron chi connectivity index (χ1n) is 7.92. The van der Waals surface area contributed by atoms with E-state index in [1.54, 1.807) is 12.1 Å². The molecule has 0 unspecified atom stereocenters. The smallest absolute Gasteiger partial charge is 0.244 e. The van der Waals surface area contributed by atoms with E-state index in [0.29, 0.717) is 5.39 Å². The molecule has 122 valence electrons. The Kier molecular flexibility index (Phi) is 4.21. The number of carbonyl (C=O) groups excluding carboxylic acids is 1. The van der Waals surface area contributed by atoms with Gasteiger partial charge in [0.25, 0.3) is 0 Å². The van der Waals surface area contributed by atoms with E-state index >= 15 is 0 Å². The average Bonchev–Trinajstić information content (AvgIpc) is 2.55. The van der Waals surface area contributed by atoms with Crippen LogP contribution in [0, 0.1) is 20.8 Å². The third-order valence-electron chi connectivity index (χ3n) is 4.32. The summed E-state index contributed by atoms with van der Waals surface area (Å²) in [6.45, 7) is 6.07. The molecule has 3 rings (SSSR count). The molecule has 1 heterocycles. The summed E-state index contributed by atoms with van der Waals surface area (Å²) < 4.78 is 1.87. The van der Waals surface area contributed by atoms with Crippen molar-refractivity contribution >= 4 is 22.5 Å². The molecule has 0 spiro atoms. The van der Waals surface area contributed by atoms with Crippen molar-refractivity contribution in [3.05, 3.63) is 75.6 Å². The molecule has 0 fully saturated rings. The molecule has 3 aromatic rings. The first kappa shape index (κ1) is 16.0. The number of amides is 1. The number of fused-ring (bicyclic) bond motifs is 1. The summed E-state index contributed by atoms with van der Waals surface area (Å²) >= 11 is 0. The maximum absolute atomic E-state index is 12.4. The van der Waals surface area contributed by atoms with Crippen LogP contribution in [0.5, 0.6) is 0 Å². The van der Waals surface area contributed by atoms with Crippen LogP contribution in [0.15, 0.2) is 53.3 Å². The molecule has 0 aliphatic carbocycles. The van der Waals surface area contributed by atoms with E-state index in [2.05, 4.69) is 5.32 Å². The zero-order valence-electron chi connectivity index (χ0n) is 14.1. The predicted molar refractivity (Wildman–Crippen MR) is 97.5 cm³/mol. The van der Waals surface area contributed by atoms with Crippen LogP contribution in [-0.2, 0) is 11.3 Å². The molecular formula is C20H20N2O2. The van der Waals surface area contributed by atoms with Crippen molar-refractivity contribution in [1.29, 1.82) is 0 Å². The van der Waals surface area contributed by atoms with Crippen molar-refractivity contribution in [2.24, 2.45) is 0 Å². The van der Waals surface area contributed by atoms with Gasteiger partial charge in [0, 0.05) is 22.8 Å². The fourth-order valence-corrected chi connectivity index (χ4v) is 2.83. The van der Waals surface area contributed by atoms with Crippen LogP contribution >= 0.6 is 0 Å². The van der Waals surface area contributed by atoms with Gasteiger partial charge in [0.2, 0.25) is 5.91 Å². The highest BCUT2D eigenvalue weighted by Gasteiger charge is 2.10. The highest BCUT2D eigenvalue weighted by Crippen LogP contribution is 2.16. The molecule has 0 saturated heterocycles. The van der Waals surface area contributed by atoms with Crippen LogP contribution in [0.4, 0.5) is 5.69 Å². The molecule has 1 aromatic heterocycles. The number of nitrogens with zero attached hydrogens (tertiary/aromatic N) is 1. The molecule has 2 aromatic carbocycles. The van der Waals surface area contributed by atoms with Gasteiger partial charge in [-0.3, -0.25) is 9.59 Å². The van der Waals surface area contributed by atoms with Crippen LogP contribution in [0.2, 0.25) is 0 Å². The summed E-state index contributed by atoms with van der Waals surface area (Å²) in [6, 6.07) is 14.8. The summed E-state index contributed by atoms with van der Waals surface area (Å²) in [6.07, 6.45) is 0. The first-order valence-corrected chi connectivity index (χ1v) is 7.92. The second kappa shape index (κ2) is 6.32. The monoisotopic (exact) mass is 320 g/mol. The zero-order valence-corrected chi connectivity index (χ0v) is 14.1. The Morgan fingerprint density at radius 3 is 2.50 bits per heavy atom. The Hall–Kier alpha value is -2.88. The third kappa shape index (κ3) is 3.08. The molecule has 4 nitrogen and oxygen atoms in total. The van der Waals surface area contributed by atoms with Crippen molar-refractivity contribution in [3.63, 3.8) is 0 Å². The van der Waals surface area contributed by atoms with E-state index in [1.165, 1.54) is 5.56 Å². The number of aryl methyl sites for hydroxylation is 3. The molecule has 1 N–H and O–H groups in total. The van der Waals surface area contributed by atoms with Gasteiger partial charge in [-0.15, -0.1) is 0 Å². The summed E-state index contributed by atoms with van der Waals surface area (Å²) in [5.41, 5.74) is 4.64. The number of anilines is 1. The van der Waals surface area contributed by atoms with Crippen molar-refractivity contribution in [2.75, 3.05) is 5.32 Å². The van der Waals surface area contributed by atoms with Gasteiger partial charge in [-0.05, 0) is 56.2 Å². The predicted octanol–water partition coefficient (Wildman–Crippen LogP) is 3.57. The van der Waals surface area contributed by atoms with E-state index in [0.717, 1.165) is 22.5 Å². The Balaban J connectivity index is 1.90. The maximum Gasteiger partial charge on any atom is 0.244 e. The van der Waals surface area contributed by atoms with E-state index in [1.807, 2.05) is 61.7 Å². The standard InChI is InChI=1S/C20H20N2O2/c1-13-8-9-16(10-14(13)2)21-20(24)12-22-15(3)11-19(23)17-6-4-5-7-18(17)22/h4-11H,12H2,1-3H3,(H,21,24). The largest absolute Gasteiger partial charge is 0.335 e. The maximum atomic E-state index is 12.4. The summed E-state index contributed by atoms with van der Waals surface area (Å²) in [5.74, 6) is -0.116. The number of para-hydroxylation sites is 1. The molecule has 0 aliphatic heterocycles. The molecular weight excluding hydrogens is 300 g/mol. The number of hydrogen-bond donors (Lipinski definition) is 1. The van der Waals surface area contributed by atoms with E-state index < -0.39 is 0 Å². The lowest BCUT2D eigenvalue weighted by molar-refractivity contribution is -0.116. The second-order valence-electron chi connectivity index (χ2n) is 6.10. The summed E-state index contributed by atoms with van der Waals surface area (Å²) in [4.78, 5) is 24.5. The van der Waals surface area contributed by atoms with Crippen LogP contribution in [0.1, 0.15) is 16.8 Å². The van der Waals surface area contributed by atoms with E-state index in [-0.39, 0.29) is 17.9 Å². The fraction of sp³-hybridized carbons (Fsp3) is 0.200. The Bertz CT molecular complexity index is 987. The highest BCUT2D eigenvalue weighted by atomic mass is 16.2. The number of carbonyl (C=O) groups is 1. The Morgan fingerprint density at radius 2 is 1.75 bits per heavy atom. The Labute approximate surface area is 140 Å². The normalized spacial score (nSPS) is 10.8. The van der Waals surface area contributed by atoms with E-state index in [9.17, 15) is 9.59 Å². The quantitative estimate of drug-likeness (QED) is 0.802. The van der Waals surface area contributed by atoms with Crippen LogP contribution in [0.3, 0.4) is 0 Å². The summed E-state index contributed by atoms with van der Waals surface area (Å²) in [5, 5.41) is 3.55. The molecule has 0 saturated carbocycles. The van der Waals surface area contributed by atoms with E-state index in [4.69, 9.17) is 0 Å². The Morgan fingerprint density at radius 1 is 1.00 bits per heavy atom. The van der Waals surface area contributed by atoms with Gasteiger partial charge in [0.1, 0.15) is 6.54 Å².